The highest BCUT2D eigenvalue weighted by Crippen LogP contribution is 2.27. The van der Waals surface area contributed by atoms with Crippen LogP contribution in [0, 0.1) is 6.92 Å². The molecule has 0 saturated carbocycles. The third kappa shape index (κ3) is 4.11. The summed E-state index contributed by atoms with van der Waals surface area (Å²) in [5.74, 6) is 0.257. The summed E-state index contributed by atoms with van der Waals surface area (Å²) < 4.78 is 10.7. The van der Waals surface area contributed by atoms with Gasteiger partial charge in [0.15, 0.2) is 0 Å². The minimum absolute atomic E-state index is 0.0567. The summed E-state index contributed by atoms with van der Waals surface area (Å²) in [5.41, 5.74) is 0.997. The molecule has 1 atom stereocenters. The molecule has 0 fully saturated rings. The Morgan fingerprint density at radius 1 is 1.43 bits per heavy atom. The molecular formula is C15H20N2O4. The minimum atomic E-state index is -0.799. The van der Waals surface area contributed by atoms with E-state index < -0.39 is 17.7 Å². The summed E-state index contributed by atoms with van der Waals surface area (Å²) in [5, 5.41) is 5.26. The zero-order valence-corrected chi connectivity index (χ0v) is 12.6. The molecule has 0 aliphatic carbocycles. The van der Waals surface area contributed by atoms with Gasteiger partial charge in [-0.2, -0.15) is 0 Å². The molecule has 0 spiro atoms. The lowest BCUT2D eigenvalue weighted by Crippen LogP contribution is -2.48. The van der Waals surface area contributed by atoms with Gasteiger partial charge in [-0.15, -0.1) is 0 Å². The summed E-state index contributed by atoms with van der Waals surface area (Å²) in [6, 6.07) is 4.71. The maximum absolute atomic E-state index is 12.1. The third-order valence-electron chi connectivity index (χ3n) is 2.81. The molecule has 114 valence electrons. The highest BCUT2D eigenvalue weighted by molar-refractivity contribution is 5.98. The van der Waals surface area contributed by atoms with Crippen molar-refractivity contribution in [1.29, 1.82) is 0 Å². The fourth-order valence-electron chi connectivity index (χ4n) is 1.89. The number of aryl methyl sites for hydroxylation is 1. The van der Waals surface area contributed by atoms with Crippen LogP contribution in [0.1, 0.15) is 26.3 Å². The van der Waals surface area contributed by atoms with Crippen LogP contribution in [0.4, 0.5) is 10.5 Å². The molecule has 6 nitrogen and oxygen atoms in total. The first-order valence-corrected chi connectivity index (χ1v) is 6.78. The van der Waals surface area contributed by atoms with E-state index in [0.29, 0.717) is 11.4 Å². The molecule has 0 unspecified atom stereocenters. The van der Waals surface area contributed by atoms with Crippen molar-refractivity contribution in [2.45, 2.75) is 39.3 Å². The van der Waals surface area contributed by atoms with Crippen LogP contribution in [0.3, 0.4) is 0 Å². The fraction of sp³-hybridized carbons (Fsp3) is 0.467. The van der Waals surface area contributed by atoms with Crippen LogP contribution in [0.5, 0.6) is 5.75 Å². The van der Waals surface area contributed by atoms with Gasteiger partial charge >= 0.3 is 6.09 Å². The number of carbonyl (C=O) groups excluding carboxylic acids is 2. The maximum atomic E-state index is 12.1. The lowest BCUT2D eigenvalue weighted by molar-refractivity contribution is -0.118. The summed E-state index contributed by atoms with van der Waals surface area (Å²) in [4.78, 5) is 23.9. The second kappa shape index (κ2) is 5.63. The number of hydrogen-bond acceptors (Lipinski definition) is 4. The molecule has 0 bridgehead atoms. The smallest absolute Gasteiger partial charge is 0.408 e. The van der Waals surface area contributed by atoms with Gasteiger partial charge in [0, 0.05) is 0 Å². The zero-order valence-electron chi connectivity index (χ0n) is 12.6. The zero-order chi connectivity index (χ0) is 15.6. The van der Waals surface area contributed by atoms with Crippen LogP contribution in [-0.2, 0) is 9.53 Å². The van der Waals surface area contributed by atoms with Gasteiger partial charge in [-0.3, -0.25) is 4.79 Å². The van der Waals surface area contributed by atoms with E-state index in [2.05, 4.69) is 10.6 Å². The Morgan fingerprint density at radius 3 is 2.81 bits per heavy atom. The molecule has 2 N–H and O–H groups in total. The number of anilines is 1. The molecule has 0 saturated heterocycles. The molecule has 6 heteroatoms. The lowest BCUT2D eigenvalue weighted by atomic mass is 10.2. The van der Waals surface area contributed by atoms with Gasteiger partial charge in [-0.25, -0.2) is 4.79 Å². The molecule has 2 amide bonds. The molecule has 21 heavy (non-hydrogen) atoms. The molecule has 1 aromatic carbocycles. The van der Waals surface area contributed by atoms with Crippen LogP contribution in [-0.4, -0.2) is 30.3 Å². The number of ether oxygens (including phenoxy) is 2. The monoisotopic (exact) mass is 292 g/mol. The number of alkyl carbamates (subject to hydrolysis) is 1. The van der Waals surface area contributed by atoms with E-state index in [1.165, 1.54) is 0 Å². The molecule has 1 aliphatic heterocycles. The Hall–Kier alpha value is -2.24. The standard InChI is InChI=1S/C15H20N2O4/c1-9-5-6-12-10(7-9)16-13(18)11(8-20-12)17-14(19)21-15(2,3)4/h5-7,11H,8H2,1-4H3,(H,16,18)(H,17,19)/t11-/m0/s1. The number of nitrogens with one attached hydrogen (secondary N) is 2. The number of hydrogen-bond donors (Lipinski definition) is 2. The van der Waals surface area contributed by atoms with Crippen LogP contribution >= 0.6 is 0 Å². The van der Waals surface area contributed by atoms with E-state index in [4.69, 9.17) is 9.47 Å². The number of fused-ring (bicyclic) bond motifs is 1. The van der Waals surface area contributed by atoms with E-state index in [-0.39, 0.29) is 12.5 Å². The first kappa shape index (κ1) is 15.2. The van der Waals surface area contributed by atoms with E-state index in [0.717, 1.165) is 5.56 Å². The Kier molecular flexibility index (Phi) is 4.06. The largest absolute Gasteiger partial charge is 0.489 e. The Bertz CT molecular complexity index is 563. The van der Waals surface area contributed by atoms with Crippen molar-refractivity contribution in [3.63, 3.8) is 0 Å². The SMILES string of the molecule is Cc1ccc2c(c1)NC(=O)[C@@H](NC(=O)OC(C)(C)C)CO2. The number of benzene rings is 1. The average Bonchev–Trinajstić information content (AvgIpc) is 2.47. The summed E-state index contributed by atoms with van der Waals surface area (Å²) in [6.45, 7) is 7.26. The van der Waals surface area contributed by atoms with Crippen molar-refractivity contribution in [1.82, 2.24) is 5.32 Å². The molecule has 0 aromatic heterocycles. The second-order valence-electron chi connectivity index (χ2n) is 6.00. The van der Waals surface area contributed by atoms with Gasteiger partial charge in [0.05, 0.1) is 5.69 Å². The van der Waals surface area contributed by atoms with E-state index in [1.807, 2.05) is 19.1 Å². The van der Waals surface area contributed by atoms with E-state index in [9.17, 15) is 9.59 Å². The Morgan fingerprint density at radius 2 is 2.14 bits per heavy atom. The molecule has 1 aromatic rings. The Balaban J connectivity index is 2.05. The van der Waals surface area contributed by atoms with Crippen molar-refractivity contribution in [2.75, 3.05) is 11.9 Å². The fourth-order valence-corrected chi connectivity index (χ4v) is 1.89. The molecule has 1 heterocycles. The minimum Gasteiger partial charge on any atom is -0.489 e. The normalized spacial score (nSPS) is 17.9. The molecular weight excluding hydrogens is 272 g/mol. The first-order chi connectivity index (χ1) is 9.74. The van der Waals surface area contributed by atoms with Gasteiger partial charge in [-0.05, 0) is 45.4 Å². The highest BCUT2D eigenvalue weighted by Gasteiger charge is 2.28. The van der Waals surface area contributed by atoms with Crippen molar-refractivity contribution < 1.29 is 19.1 Å². The van der Waals surface area contributed by atoms with Crippen molar-refractivity contribution in [3.8, 4) is 5.75 Å². The van der Waals surface area contributed by atoms with E-state index in [1.54, 1.807) is 26.8 Å². The molecule has 0 radical (unpaired) electrons. The predicted octanol–water partition coefficient (Wildman–Crippen LogP) is 2.22. The maximum Gasteiger partial charge on any atom is 0.408 e. The van der Waals surface area contributed by atoms with Crippen LogP contribution < -0.4 is 15.4 Å². The highest BCUT2D eigenvalue weighted by atomic mass is 16.6. The quantitative estimate of drug-likeness (QED) is 0.832. The van der Waals surface area contributed by atoms with Crippen LogP contribution in [0.2, 0.25) is 0 Å². The van der Waals surface area contributed by atoms with Crippen molar-refractivity contribution in [2.24, 2.45) is 0 Å². The number of carbonyl (C=O) groups is 2. The second-order valence-corrected chi connectivity index (χ2v) is 6.00. The van der Waals surface area contributed by atoms with Gasteiger partial charge in [-0.1, -0.05) is 6.07 Å². The average molecular weight is 292 g/mol. The lowest BCUT2D eigenvalue weighted by Gasteiger charge is -2.22. The molecule has 1 aliphatic rings. The summed E-state index contributed by atoms with van der Waals surface area (Å²) >= 11 is 0. The summed E-state index contributed by atoms with van der Waals surface area (Å²) in [7, 11) is 0. The van der Waals surface area contributed by atoms with Crippen molar-refractivity contribution >= 4 is 17.7 Å². The van der Waals surface area contributed by atoms with Gasteiger partial charge in [0.2, 0.25) is 0 Å². The number of amides is 2. The molecule has 2 rings (SSSR count). The first-order valence-electron chi connectivity index (χ1n) is 6.78. The number of rotatable bonds is 1. The van der Waals surface area contributed by atoms with Crippen LogP contribution in [0.25, 0.3) is 0 Å². The van der Waals surface area contributed by atoms with Gasteiger partial charge in [0.1, 0.15) is 24.0 Å². The van der Waals surface area contributed by atoms with Gasteiger partial charge < -0.3 is 20.1 Å². The third-order valence-corrected chi connectivity index (χ3v) is 2.81. The van der Waals surface area contributed by atoms with E-state index >= 15 is 0 Å². The van der Waals surface area contributed by atoms with Crippen LogP contribution in [0.15, 0.2) is 18.2 Å². The van der Waals surface area contributed by atoms with Crippen molar-refractivity contribution in [3.05, 3.63) is 23.8 Å². The van der Waals surface area contributed by atoms with Gasteiger partial charge in [0.25, 0.3) is 5.91 Å². The predicted molar refractivity (Wildman–Crippen MR) is 78.5 cm³/mol. The topological polar surface area (TPSA) is 76.7 Å². The summed E-state index contributed by atoms with van der Waals surface area (Å²) in [6.07, 6.45) is -0.645. The Labute approximate surface area is 123 Å².